The third kappa shape index (κ3) is 4.34. The van der Waals surface area contributed by atoms with E-state index >= 15 is 0 Å². The van der Waals surface area contributed by atoms with Gasteiger partial charge in [-0.2, -0.15) is 13.2 Å². The summed E-state index contributed by atoms with van der Waals surface area (Å²) in [6.07, 6.45) is -3.66. The van der Waals surface area contributed by atoms with Gasteiger partial charge in [-0.1, -0.05) is 6.42 Å². The molecule has 4 nitrogen and oxygen atoms in total. The molecule has 0 heterocycles. The maximum absolute atomic E-state index is 12.9. The quantitative estimate of drug-likeness (QED) is 0.786. The molecule has 1 N–H and O–H groups in total. The van der Waals surface area contributed by atoms with Gasteiger partial charge in [-0.25, -0.2) is 0 Å². The summed E-state index contributed by atoms with van der Waals surface area (Å²) in [5.74, 6) is -2.03. The van der Waals surface area contributed by atoms with Crippen LogP contribution in [-0.2, 0) is 9.53 Å². The van der Waals surface area contributed by atoms with E-state index in [4.69, 9.17) is 4.74 Å². The molecular formula is C13H23F3N2O2. The minimum atomic E-state index is -4.26. The first-order chi connectivity index (χ1) is 9.21. The van der Waals surface area contributed by atoms with Gasteiger partial charge < -0.3 is 15.0 Å². The van der Waals surface area contributed by atoms with Crippen LogP contribution in [0.1, 0.15) is 25.7 Å². The number of rotatable bonds is 5. The number of ether oxygens (including phenoxy) is 1. The topological polar surface area (TPSA) is 41.6 Å². The molecular weight excluding hydrogens is 273 g/mol. The minimum Gasteiger partial charge on any atom is -0.468 e. The van der Waals surface area contributed by atoms with Gasteiger partial charge in [0.2, 0.25) is 0 Å². The number of likely N-dealkylation sites (N-methyl/N-ethyl adjacent to an activating group) is 1. The van der Waals surface area contributed by atoms with Crippen molar-refractivity contribution in [2.24, 2.45) is 5.92 Å². The van der Waals surface area contributed by atoms with Gasteiger partial charge in [-0.05, 0) is 33.4 Å². The SMILES string of the molecule is COC(=O)C1(NCCN(C)C)CCCC(C(F)(F)F)C1. The molecule has 1 aliphatic rings. The number of hydrogen-bond acceptors (Lipinski definition) is 4. The largest absolute Gasteiger partial charge is 0.468 e. The molecule has 0 aromatic carbocycles. The van der Waals surface area contributed by atoms with Crippen molar-refractivity contribution in [1.82, 2.24) is 10.2 Å². The highest BCUT2D eigenvalue weighted by Gasteiger charge is 2.51. The Morgan fingerprint density at radius 2 is 2.10 bits per heavy atom. The van der Waals surface area contributed by atoms with Crippen LogP contribution in [0.5, 0.6) is 0 Å². The molecule has 2 atom stereocenters. The number of alkyl halides is 3. The van der Waals surface area contributed by atoms with Crippen LogP contribution in [0.3, 0.4) is 0 Å². The first-order valence-electron chi connectivity index (χ1n) is 6.76. The number of carbonyl (C=O) groups excluding carboxylic acids is 1. The monoisotopic (exact) mass is 296 g/mol. The fraction of sp³-hybridized carbons (Fsp3) is 0.923. The lowest BCUT2D eigenvalue weighted by molar-refractivity contribution is -0.192. The summed E-state index contributed by atoms with van der Waals surface area (Å²) in [4.78, 5) is 13.9. The molecule has 1 fully saturated rings. The Bertz CT molecular complexity index is 334. The van der Waals surface area contributed by atoms with Crippen molar-refractivity contribution >= 4 is 5.97 Å². The Balaban J connectivity index is 2.80. The van der Waals surface area contributed by atoms with Crippen LogP contribution in [0.2, 0.25) is 0 Å². The second kappa shape index (κ2) is 6.76. The minimum absolute atomic E-state index is 0.0810. The standard InChI is InChI=1S/C13H23F3N2O2/c1-18(2)8-7-17-12(11(19)20-3)6-4-5-10(9-12)13(14,15)16/h10,17H,4-9H2,1-3H3. The summed E-state index contributed by atoms with van der Waals surface area (Å²) < 4.78 is 43.5. The first-order valence-corrected chi connectivity index (χ1v) is 6.76. The van der Waals surface area contributed by atoms with E-state index in [9.17, 15) is 18.0 Å². The molecule has 1 rings (SSSR count). The lowest BCUT2D eigenvalue weighted by Crippen LogP contribution is -2.58. The lowest BCUT2D eigenvalue weighted by atomic mass is 9.75. The van der Waals surface area contributed by atoms with Gasteiger partial charge in [0.25, 0.3) is 0 Å². The number of carbonyl (C=O) groups is 1. The highest BCUT2D eigenvalue weighted by molar-refractivity contribution is 5.81. The van der Waals surface area contributed by atoms with Crippen LogP contribution in [0.25, 0.3) is 0 Å². The van der Waals surface area contributed by atoms with Crippen molar-refractivity contribution in [1.29, 1.82) is 0 Å². The number of hydrogen-bond donors (Lipinski definition) is 1. The average molecular weight is 296 g/mol. The third-order valence-corrected chi connectivity index (χ3v) is 3.81. The van der Waals surface area contributed by atoms with Gasteiger partial charge in [0, 0.05) is 13.1 Å². The summed E-state index contributed by atoms with van der Waals surface area (Å²) >= 11 is 0. The van der Waals surface area contributed by atoms with Crippen molar-refractivity contribution in [3.05, 3.63) is 0 Å². The van der Waals surface area contributed by atoms with Crippen molar-refractivity contribution in [3.8, 4) is 0 Å². The van der Waals surface area contributed by atoms with Crippen LogP contribution >= 0.6 is 0 Å². The summed E-state index contributed by atoms with van der Waals surface area (Å²) in [5.41, 5.74) is -1.21. The molecule has 0 bridgehead atoms. The van der Waals surface area contributed by atoms with Crippen molar-refractivity contribution in [2.75, 3.05) is 34.3 Å². The molecule has 2 unspecified atom stereocenters. The predicted molar refractivity (Wildman–Crippen MR) is 69.3 cm³/mol. The van der Waals surface area contributed by atoms with E-state index in [0.29, 0.717) is 25.9 Å². The smallest absolute Gasteiger partial charge is 0.391 e. The molecule has 0 radical (unpaired) electrons. The first kappa shape index (κ1) is 17.2. The predicted octanol–water partition coefficient (Wildman–Crippen LogP) is 1.80. The van der Waals surface area contributed by atoms with Gasteiger partial charge in [-0.3, -0.25) is 4.79 Å². The second-order valence-electron chi connectivity index (χ2n) is 5.64. The summed E-state index contributed by atoms with van der Waals surface area (Å²) in [5, 5.41) is 3.00. The van der Waals surface area contributed by atoms with Crippen LogP contribution < -0.4 is 5.32 Å². The van der Waals surface area contributed by atoms with Crippen LogP contribution in [0.4, 0.5) is 13.2 Å². The third-order valence-electron chi connectivity index (χ3n) is 3.81. The number of nitrogens with one attached hydrogen (secondary N) is 1. The molecule has 0 aromatic heterocycles. The fourth-order valence-electron chi connectivity index (χ4n) is 2.69. The zero-order valence-corrected chi connectivity index (χ0v) is 12.2. The van der Waals surface area contributed by atoms with Crippen molar-refractivity contribution in [3.63, 3.8) is 0 Å². The average Bonchev–Trinajstić information content (AvgIpc) is 2.36. The maximum atomic E-state index is 12.9. The molecule has 0 aromatic rings. The van der Waals surface area contributed by atoms with Gasteiger partial charge in [-0.15, -0.1) is 0 Å². The van der Waals surface area contributed by atoms with Gasteiger partial charge >= 0.3 is 12.1 Å². The number of esters is 1. The van der Waals surface area contributed by atoms with Crippen molar-refractivity contribution in [2.45, 2.75) is 37.4 Å². The number of methoxy groups -OCH3 is 1. The zero-order valence-electron chi connectivity index (χ0n) is 12.2. The molecule has 1 aliphatic carbocycles. The Morgan fingerprint density at radius 1 is 1.45 bits per heavy atom. The molecule has 0 spiro atoms. The Kier molecular flexibility index (Phi) is 5.82. The van der Waals surface area contributed by atoms with E-state index in [1.807, 2.05) is 19.0 Å². The summed E-state index contributed by atoms with van der Waals surface area (Å²) in [6, 6.07) is 0. The van der Waals surface area contributed by atoms with Crippen LogP contribution in [0.15, 0.2) is 0 Å². The summed E-state index contributed by atoms with van der Waals surface area (Å²) in [7, 11) is 4.95. The second-order valence-corrected chi connectivity index (χ2v) is 5.64. The van der Waals surface area contributed by atoms with E-state index in [1.54, 1.807) is 0 Å². The van der Waals surface area contributed by atoms with Crippen LogP contribution in [0, 0.1) is 5.92 Å². The lowest BCUT2D eigenvalue weighted by Gasteiger charge is -2.40. The Hall–Kier alpha value is -0.820. The molecule has 7 heteroatoms. The van der Waals surface area contributed by atoms with Crippen molar-refractivity contribution < 1.29 is 22.7 Å². The highest BCUT2D eigenvalue weighted by Crippen LogP contribution is 2.42. The number of halogens is 3. The highest BCUT2D eigenvalue weighted by atomic mass is 19.4. The molecule has 1 saturated carbocycles. The van der Waals surface area contributed by atoms with E-state index in [2.05, 4.69) is 5.32 Å². The van der Waals surface area contributed by atoms with Gasteiger partial charge in [0.1, 0.15) is 5.54 Å². The molecule has 0 aliphatic heterocycles. The Labute approximate surface area is 117 Å². The number of nitrogens with zero attached hydrogens (tertiary/aromatic N) is 1. The van der Waals surface area contributed by atoms with E-state index < -0.39 is 23.6 Å². The normalized spacial score (nSPS) is 27.6. The fourth-order valence-corrected chi connectivity index (χ4v) is 2.69. The molecule has 0 amide bonds. The van der Waals surface area contributed by atoms with E-state index in [0.717, 1.165) is 0 Å². The van der Waals surface area contributed by atoms with E-state index in [1.165, 1.54) is 7.11 Å². The summed E-state index contributed by atoms with van der Waals surface area (Å²) in [6.45, 7) is 1.10. The van der Waals surface area contributed by atoms with Gasteiger partial charge in [0.15, 0.2) is 0 Å². The Morgan fingerprint density at radius 3 is 2.60 bits per heavy atom. The molecule has 0 saturated heterocycles. The van der Waals surface area contributed by atoms with Crippen LogP contribution in [-0.4, -0.2) is 56.9 Å². The zero-order chi connectivity index (χ0) is 15.4. The maximum Gasteiger partial charge on any atom is 0.391 e. The molecule has 118 valence electrons. The molecule has 20 heavy (non-hydrogen) atoms. The van der Waals surface area contributed by atoms with Gasteiger partial charge in [0.05, 0.1) is 13.0 Å². The van der Waals surface area contributed by atoms with E-state index in [-0.39, 0.29) is 12.8 Å².